The van der Waals surface area contributed by atoms with Gasteiger partial charge in [-0.3, -0.25) is 4.79 Å². The summed E-state index contributed by atoms with van der Waals surface area (Å²) in [5.41, 5.74) is 5.41. The van der Waals surface area contributed by atoms with E-state index in [0.29, 0.717) is 13.0 Å². The molecule has 1 atom stereocenters. The molecule has 0 spiro atoms. The zero-order chi connectivity index (χ0) is 7.98. The zero-order valence-electron chi connectivity index (χ0n) is 6.17. The van der Waals surface area contributed by atoms with Gasteiger partial charge in [0.1, 0.15) is 0 Å². The molecule has 10 heavy (non-hydrogen) atoms. The maximum absolute atomic E-state index is 10.7. The third-order valence-corrected chi connectivity index (χ3v) is 1.20. The lowest BCUT2D eigenvalue weighted by Crippen LogP contribution is -2.29. The lowest BCUT2D eigenvalue weighted by atomic mass is 10.1. The molecule has 0 aliphatic rings. The molecule has 0 rings (SSSR count). The van der Waals surface area contributed by atoms with E-state index in [1.807, 2.05) is 0 Å². The first kappa shape index (κ1) is 9.33. The van der Waals surface area contributed by atoms with Gasteiger partial charge in [-0.15, -0.1) is 0 Å². The fraction of sp³-hybridized carbons (Fsp3) is 0.571. The van der Waals surface area contributed by atoms with E-state index in [9.17, 15) is 4.79 Å². The van der Waals surface area contributed by atoms with E-state index in [0.717, 1.165) is 0 Å². The van der Waals surface area contributed by atoms with Crippen molar-refractivity contribution in [3.63, 3.8) is 0 Å². The lowest BCUT2D eigenvalue weighted by Gasteiger charge is -2.05. The normalized spacial score (nSPS) is 12.6. The van der Waals surface area contributed by atoms with E-state index in [1.54, 1.807) is 7.11 Å². The molecular weight excluding hydrogens is 130 g/mol. The Labute approximate surface area is 60.9 Å². The highest BCUT2D eigenvalue weighted by molar-refractivity contribution is 5.93. The van der Waals surface area contributed by atoms with E-state index in [2.05, 4.69) is 6.58 Å². The van der Waals surface area contributed by atoms with Gasteiger partial charge in [-0.25, -0.2) is 0 Å². The number of carbonyl (C=O) groups is 1. The molecule has 0 bridgehead atoms. The van der Waals surface area contributed by atoms with E-state index in [1.165, 1.54) is 6.08 Å². The predicted molar refractivity (Wildman–Crippen MR) is 39.7 cm³/mol. The second-order valence-corrected chi connectivity index (χ2v) is 1.99. The summed E-state index contributed by atoms with van der Waals surface area (Å²) in [5, 5.41) is 0. The van der Waals surface area contributed by atoms with Crippen molar-refractivity contribution in [1.29, 1.82) is 0 Å². The molecule has 0 aromatic heterocycles. The average Bonchev–Trinajstić information content (AvgIpc) is 1.98. The minimum absolute atomic E-state index is 0.128. The smallest absolute Gasteiger partial charge is 0.171 e. The van der Waals surface area contributed by atoms with Gasteiger partial charge in [-0.2, -0.15) is 0 Å². The number of ether oxygens (including phenoxy) is 1. The van der Waals surface area contributed by atoms with Gasteiger partial charge in [-0.1, -0.05) is 6.58 Å². The number of ketones is 1. The lowest BCUT2D eigenvalue weighted by molar-refractivity contribution is -0.116. The highest BCUT2D eigenvalue weighted by atomic mass is 16.5. The molecule has 0 fully saturated rings. The summed E-state index contributed by atoms with van der Waals surface area (Å²) in [7, 11) is 1.57. The van der Waals surface area contributed by atoms with Gasteiger partial charge in [0.15, 0.2) is 5.78 Å². The van der Waals surface area contributed by atoms with Crippen molar-refractivity contribution in [2.45, 2.75) is 12.5 Å². The van der Waals surface area contributed by atoms with Crippen LogP contribution in [0.1, 0.15) is 6.42 Å². The van der Waals surface area contributed by atoms with Gasteiger partial charge < -0.3 is 10.5 Å². The van der Waals surface area contributed by atoms with Crippen LogP contribution < -0.4 is 5.73 Å². The second-order valence-electron chi connectivity index (χ2n) is 1.99. The van der Waals surface area contributed by atoms with E-state index < -0.39 is 6.04 Å². The number of methoxy groups -OCH3 is 1. The van der Waals surface area contributed by atoms with Crippen LogP contribution >= 0.6 is 0 Å². The molecule has 2 N–H and O–H groups in total. The molecule has 1 unspecified atom stereocenters. The highest BCUT2D eigenvalue weighted by Crippen LogP contribution is 1.90. The Morgan fingerprint density at radius 1 is 1.90 bits per heavy atom. The van der Waals surface area contributed by atoms with Crippen LogP contribution in [0, 0.1) is 0 Å². The summed E-state index contributed by atoms with van der Waals surface area (Å²) in [5.74, 6) is -0.128. The summed E-state index contributed by atoms with van der Waals surface area (Å²) in [6.07, 6.45) is 1.79. The van der Waals surface area contributed by atoms with Gasteiger partial charge in [0, 0.05) is 13.7 Å². The maximum atomic E-state index is 10.7. The van der Waals surface area contributed by atoms with Crippen LogP contribution in [-0.4, -0.2) is 25.5 Å². The Morgan fingerprint density at radius 2 is 2.50 bits per heavy atom. The van der Waals surface area contributed by atoms with Crippen LogP contribution in [0.3, 0.4) is 0 Å². The van der Waals surface area contributed by atoms with E-state index in [4.69, 9.17) is 10.5 Å². The molecule has 0 aliphatic carbocycles. The van der Waals surface area contributed by atoms with Crippen LogP contribution in [-0.2, 0) is 9.53 Å². The Hall–Kier alpha value is -0.670. The molecule has 0 aliphatic heterocycles. The summed E-state index contributed by atoms with van der Waals surface area (Å²) in [4.78, 5) is 10.7. The fourth-order valence-corrected chi connectivity index (χ4v) is 0.538. The van der Waals surface area contributed by atoms with Gasteiger partial charge >= 0.3 is 0 Å². The third-order valence-electron chi connectivity index (χ3n) is 1.20. The summed E-state index contributed by atoms with van der Waals surface area (Å²) >= 11 is 0. The number of carbonyl (C=O) groups excluding carboxylic acids is 1. The van der Waals surface area contributed by atoms with Crippen LogP contribution in [0.15, 0.2) is 12.7 Å². The van der Waals surface area contributed by atoms with Crippen LogP contribution in [0.4, 0.5) is 0 Å². The average molecular weight is 143 g/mol. The van der Waals surface area contributed by atoms with Gasteiger partial charge in [-0.05, 0) is 12.5 Å². The summed E-state index contributed by atoms with van der Waals surface area (Å²) < 4.78 is 4.74. The largest absolute Gasteiger partial charge is 0.385 e. The van der Waals surface area contributed by atoms with Crippen LogP contribution in [0.25, 0.3) is 0 Å². The Kier molecular flexibility index (Phi) is 4.80. The van der Waals surface area contributed by atoms with Crippen molar-refractivity contribution >= 4 is 5.78 Å². The SMILES string of the molecule is C=CC(=O)C(N)CCOC. The monoisotopic (exact) mass is 143 g/mol. The number of hydrogen-bond donors (Lipinski definition) is 1. The van der Waals surface area contributed by atoms with Crippen molar-refractivity contribution in [1.82, 2.24) is 0 Å². The number of nitrogens with two attached hydrogens (primary N) is 1. The molecule has 0 amide bonds. The van der Waals surface area contributed by atoms with E-state index >= 15 is 0 Å². The topological polar surface area (TPSA) is 52.3 Å². The number of hydrogen-bond acceptors (Lipinski definition) is 3. The highest BCUT2D eigenvalue weighted by Gasteiger charge is 2.07. The molecule has 0 aromatic rings. The van der Waals surface area contributed by atoms with Crippen molar-refractivity contribution in [3.05, 3.63) is 12.7 Å². The van der Waals surface area contributed by atoms with Gasteiger partial charge in [0.2, 0.25) is 0 Å². The molecule has 3 heteroatoms. The first-order valence-corrected chi connectivity index (χ1v) is 3.13. The van der Waals surface area contributed by atoms with Gasteiger partial charge in [0.05, 0.1) is 6.04 Å². The predicted octanol–water partition coefficient (Wildman–Crippen LogP) is 0.105. The molecule has 0 aromatic carbocycles. The second kappa shape index (κ2) is 5.14. The molecule has 0 heterocycles. The minimum atomic E-state index is -0.447. The van der Waals surface area contributed by atoms with Crippen LogP contribution in [0.2, 0.25) is 0 Å². The van der Waals surface area contributed by atoms with E-state index in [-0.39, 0.29) is 5.78 Å². The molecule has 0 radical (unpaired) electrons. The number of rotatable bonds is 5. The van der Waals surface area contributed by atoms with Gasteiger partial charge in [0.25, 0.3) is 0 Å². The fourth-order valence-electron chi connectivity index (χ4n) is 0.538. The van der Waals surface area contributed by atoms with Crippen molar-refractivity contribution < 1.29 is 9.53 Å². The molecule has 0 saturated heterocycles. The minimum Gasteiger partial charge on any atom is -0.385 e. The van der Waals surface area contributed by atoms with Crippen LogP contribution in [0.5, 0.6) is 0 Å². The Morgan fingerprint density at radius 3 is 2.90 bits per heavy atom. The summed E-state index contributed by atoms with van der Waals surface area (Å²) in [6, 6.07) is -0.447. The molecule has 0 saturated carbocycles. The molecule has 3 nitrogen and oxygen atoms in total. The maximum Gasteiger partial charge on any atom is 0.171 e. The molecular formula is C7H13NO2. The van der Waals surface area contributed by atoms with Crippen molar-refractivity contribution in [2.24, 2.45) is 5.73 Å². The summed E-state index contributed by atoms with van der Waals surface area (Å²) in [6.45, 7) is 3.83. The Bertz CT molecular complexity index is 123. The zero-order valence-corrected chi connectivity index (χ0v) is 6.17. The standard InChI is InChI=1S/C7H13NO2/c1-3-7(9)6(8)4-5-10-2/h3,6H,1,4-5,8H2,2H3. The first-order valence-electron chi connectivity index (χ1n) is 3.13. The molecule has 58 valence electrons. The van der Waals surface area contributed by atoms with Crippen molar-refractivity contribution in [3.8, 4) is 0 Å². The first-order chi connectivity index (χ1) is 4.72. The third kappa shape index (κ3) is 3.37. The van der Waals surface area contributed by atoms with Crippen molar-refractivity contribution in [2.75, 3.05) is 13.7 Å². The Balaban J connectivity index is 3.51. The quantitative estimate of drug-likeness (QED) is 0.555.